The lowest BCUT2D eigenvalue weighted by atomic mass is 9.94. The van der Waals surface area contributed by atoms with Gasteiger partial charge in [0.15, 0.2) is 0 Å². The molecule has 0 radical (unpaired) electrons. The number of hydrogen-bond donors (Lipinski definition) is 1. The number of amides is 1. The zero-order valence-corrected chi connectivity index (χ0v) is 16.9. The molecule has 1 saturated heterocycles. The van der Waals surface area contributed by atoms with Crippen LogP contribution in [0.3, 0.4) is 0 Å². The third kappa shape index (κ3) is 4.00. The molecule has 2 unspecified atom stereocenters. The van der Waals surface area contributed by atoms with Crippen LogP contribution in [0.4, 0.5) is 5.69 Å². The molecule has 7 heteroatoms. The Labute approximate surface area is 159 Å². The first-order chi connectivity index (χ1) is 12.3. The van der Waals surface area contributed by atoms with Crippen molar-refractivity contribution in [2.24, 2.45) is 11.8 Å². The van der Waals surface area contributed by atoms with Gasteiger partial charge in [-0.2, -0.15) is 4.31 Å². The summed E-state index contributed by atoms with van der Waals surface area (Å²) in [4.78, 5) is 13.2. The molecular weight excluding hydrogens is 368 g/mol. The molecule has 140 valence electrons. The maximum absolute atomic E-state index is 12.9. The Bertz CT molecular complexity index is 878. The predicted molar refractivity (Wildman–Crippen MR) is 105 cm³/mol. The second-order valence-corrected chi connectivity index (χ2v) is 10.0. The highest BCUT2D eigenvalue weighted by Crippen LogP contribution is 2.27. The second-order valence-electron chi connectivity index (χ2n) is 7.18. The molecule has 3 rings (SSSR count). The van der Waals surface area contributed by atoms with Crippen LogP contribution < -0.4 is 5.32 Å². The average molecular weight is 393 g/mol. The SMILES string of the molecule is Cc1ccsc1C(=O)Nc1ccc(S(=O)(=O)N2CC(C)CC(C)C2)cc1. The summed E-state index contributed by atoms with van der Waals surface area (Å²) in [5.41, 5.74) is 1.52. The molecule has 1 aromatic carbocycles. The summed E-state index contributed by atoms with van der Waals surface area (Å²) in [6, 6.07) is 8.32. The number of piperidine rings is 1. The van der Waals surface area contributed by atoms with Crippen LogP contribution in [0, 0.1) is 18.8 Å². The summed E-state index contributed by atoms with van der Waals surface area (Å²) in [5, 5.41) is 4.70. The summed E-state index contributed by atoms with van der Waals surface area (Å²) in [6.07, 6.45) is 1.05. The van der Waals surface area contributed by atoms with E-state index in [2.05, 4.69) is 19.2 Å². The van der Waals surface area contributed by atoms with Crippen LogP contribution >= 0.6 is 11.3 Å². The van der Waals surface area contributed by atoms with Crippen LogP contribution in [0.1, 0.15) is 35.5 Å². The number of sulfonamides is 1. The topological polar surface area (TPSA) is 66.5 Å². The van der Waals surface area contributed by atoms with Crippen molar-refractivity contribution in [1.29, 1.82) is 0 Å². The molecule has 2 atom stereocenters. The van der Waals surface area contributed by atoms with Gasteiger partial charge in [0.25, 0.3) is 5.91 Å². The van der Waals surface area contributed by atoms with Crippen molar-refractivity contribution in [2.75, 3.05) is 18.4 Å². The third-order valence-corrected chi connectivity index (χ3v) is 7.51. The van der Waals surface area contributed by atoms with Crippen molar-refractivity contribution in [2.45, 2.75) is 32.1 Å². The summed E-state index contributed by atoms with van der Waals surface area (Å²) < 4.78 is 27.3. The van der Waals surface area contributed by atoms with Crippen LogP contribution in [-0.2, 0) is 10.0 Å². The molecular formula is C19H24N2O3S2. The van der Waals surface area contributed by atoms with Gasteiger partial charge in [0.2, 0.25) is 10.0 Å². The van der Waals surface area contributed by atoms with Gasteiger partial charge in [-0.25, -0.2) is 8.42 Å². The smallest absolute Gasteiger partial charge is 0.265 e. The number of anilines is 1. The maximum atomic E-state index is 12.9. The lowest BCUT2D eigenvalue weighted by Gasteiger charge is -2.34. The van der Waals surface area contributed by atoms with Crippen molar-refractivity contribution in [1.82, 2.24) is 4.31 Å². The standard InChI is InChI=1S/C19H24N2O3S2/c1-13-10-14(2)12-21(11-13)26(23,24)17-6-4-16(5-7-17)20-19(22)18-15(3)8-9-25-18/h4-9,13-14H,10-12H2,1-3H3,(H,20,22). The van der Waals surface area contributed by atoms with E-state index in [-0.39, 0.29) is 10.8 Å². The number of carbonyl (C=O) groups excluding carboxylic acids is 1. The van der Waals surface area contributed by atoms with Crippen molar-refractivity contribution in [3.8, 4) is 0 Å². The normalized spacial score (nSPS) is 21.5. The quantitative estimate of drug-likeness (QED) is 0.856. The van der Waals surface area contributed by atoms with Gasteiger partial charge in [0.1, 0.15) is 0 Å². The fourth-order valence-corrected chi connectivity index (χ4v) is 5.95. The van der Waals surface area contributed by atoms with Gasteiger partial charge in [-0.1, -0.05) is 13.8 Å². The zero-order chi connectivity index (χ0) is 18.9. The van der Waals surface area contributed by atoms with Crippen LogP contribution in [0.5, 0.6) is 0 Å². The van der Waals surface area contributed by atoms with E-state index in [0.717, 1.165) is 12.0 Å². The molecule has 1 fully saturated rings. The van der Waals surface area contributed by atoms with E-state index in [0.29, 0.717) is 35.5 Å². The van der Waals surface area contributed by atoms with Crippen molar-refractivity contribution >= 4 is 33.0 Å². The van der Waals surface area contributed by atoms with Gasteiger partial charge in [-0.3, -0.25) is 4.79 Å². The Balaban J connectivity index is 1.74. The first kappa shape index (κ1) is 19.1. The van der Waals surface area contributed by atoms with Gasteiger partial charge in [-0.05, 0) is 66.5 Å². The van der Waals surface area contributed by atoms with Crippen molar-refractivity contribution in [3.63, 3.8) is 0 Å². The Hall–Kier alpha value is -1.70. The highest BCUT2D eigenvalue weighted by Gasteiger charge is 2.31. The molecule has 0 spiro atoms. The Morgan fingerprint density at radius 1 is 1.12 bits per heavy atom. The Kier molecular flexibility index (Phi) is 5.50. The van der Waals surface area contributed by atoms with Crippen molar-refractivity contribution < 1.29 is 13.2 Å². The summed E-state index contributed by atoms with van der Waals surface area (Å²) in [6.45, 7) is 7.18. The number of carbonyl (C=O) groups is 1. The number of nitrogens with zero attached hydrogens (tertiary/aromatic N) is 1. The van der Waals surface area contributed by atoms with Crippen LogP contribution in [0.2, 0.25) is 0 Å². The summed E-state index contributed by atoms with van der Waals surface area (Å²) in [5.74, 6) is 0.550. The lowest BCUT2D eigenvalue weighted by molar-refractivity contribution is 0.103. The average Bonchev–Trinajstić information content (AvgIpc) is 3.00. The largest absolute Gasteiger partial charge is 0.321 e. The number of hydrogen-bond acceptors (Lipinski definition) is 4. The maximum Gasteiger partial charge on any atom is 0.265 e. The van der Waals surface area contributed by atoms with E-state index < -0.39 is 10.0 Å². The molecule has 1 aliphatic heterocycles. The first-order valence-electron chi connectivity index (χ1n) is 8.73. The first-order valence-corrected chi connectivity index (χ1v) is 11.0. The van der Waals surface area contributed by atoms with E-state index in [1.807, 2.05) is 18.4 Å². The molecule has 0 aliphatic carbocycles. The Morgan fingerprint density at radius 2 is 1.73 bits per heavy atom. The van der Waals surface area contributed by atoms with Gasteiger partial charge in [0.05, 0.1) is 9.77 Å². The van der Waals surface area contributed by atoms with Crippen LogP contribution in [-0.4, -0.2) is 31.7 Å². The molecule has 1 aliphatic rings. The molecule has 2 aromatic rings. The number of benzene rings is 1. The molecule has 2 heterocycles. The molecule has 5 nitrogen and oxygen atoms in total. The van der Waals surface area contributed by atoms with Gasteiger partial charge in [0, 0.05) is 18.8 Å². The fraction of sp³-hybridized carbons (Fsp3) is 0.421. The molecule has 1 amide bonds. The van der Waals surface area contributed by atoms with E-state index >= 15 is 0 Å². The number of rotatable bonds is 4. The van der Waals surface area contributed by atoms with E-state index in [1.165, 1.54) is 11.3 Å². The molecule has 26 heavy (non-hydrogen) atoms. The minimum Gasteiger partial charge on any atom is -0.321 e. The highest BCUT2D eigenvalue weighted by molar-refractivity contribution is 7.89. The lowest BCUT2D eigenvalue weighted by Crippen LogP contribution is -2.42. The minimum atomic E-state index is -3.50. The zero-order valence-electron chi connectivity index (χ0n) is 15.2. The summed E-state index contributed by atoms with van der Waals surface area (Å²) in [7, 11) is -3.50. The molecule has 1 N–H and O–H groups in total. The second kappa shape index (κ2) is 7.50. The van der Waals surface area contributed by atoms with Crippen LogP contribution in [0.15, 0.2) is 40.6 Å². The predicted octanol–water partition coefficient (Wildman–Crippen LogP) is 3.98. The van der Waals surface area contributed by atoms with E-state index in [1.54, 1.807) is 28.6 Å². The molecule has 0 saturated carbocycles. The van der Waals surface area contributed by atoms with Crippen LogP contribution in [0.25, 0.3) is 0 Å². The molecule has 0 bridgehead atoms. The monoisotopic (exact) mass is 392 g/mol. The van der Waals surface area contributed by atoms with E-state index in [4.69, 9.17) is 0 Å². The van der Waals surface area contributed by atoms with Gasteiger partial charge < -0.3 is 5.32 Å². The van der Waals surface area contributed by atoms with E-state index in [9.17, 15) is 13.2 Å². The Morgan fingerprint density at radius 3 is 2.27 bits per heavy atom. The summed E-state index contributed by atoms with van der Waals surface area (Å²) >= 11 is 1.39. The fourth-order valence-electron chi connectivity index (χ4n) is 3.45. The minimum absolute atomic E-state index is 0.174. The van der Waals surface area contributed by atoms with Gasteiger partial charge in [-0.15, -0.1) is 11.3 Å². The number of nitrogens with one attached hydrogen (secondary N) is 1. The van der Waals surface area contributed by atoms with Gasteiger partial charge >= 0.3 is 0 Å². The number of thiophene rings is 1. The number of aryl methyl sites for hydroxylation is 1. The molecule has 1 aromatic heterocycles. The third-order valence-electron chi connectivity index (χ3n) is 4.65. The van der Waals surface area contributed by atoms with Crippen molar-refractivity contribution in [3.05, 3.63) is 46.2 Å². The highest BCUT2D eigenvalue weighted by atomic mass is 32.2.